The minimum atomic E-state index is 0. The fraction of sp³-hybridized carbons (Fsp3) is 0.421. The molecular weight excluding hydrogens is 338 g/mol. The zero-order valence-electron chi connectivity index (χ0n) is 14.8. The van der Waals surface area contributed by atoms with Gasteiger partial charge in [-0.3, -0.25) is 9.69 Å². The number of carbonyl (C=O) groups is 1. The fourth-order valence-electron chi connectivity index (χ4n) is 3.11. The summed E-state index contributed by atoms with van der Waals surface area (Å²) in [5, 5.41) is 5.63. The first-order valence-corrected chi connectivity index (χ1v) is 8.39. The second-order valence-electron chi connectivity index (χ2n) is 6.35. The molecule has 0 aliphatic carbocycles. The van der Waals surface area contributed by atoms with Gasteiger partial charge in [0, 0.05) is 32.7 Å². The molecule has 0 unspecified atom stereocenters. The highest BCUT2D eigenvalue weighted by Crippen LogP contribution is 2.22. The van der Waals surface area contributed by atoms with E-state index in [-0.39, 0.29) is 18.3 Å². The molecule has 2 aromatic carbocycles. The van der Waals surface area contributed by atoms with Crippen molar-refractivity contribution in [3.05, 3.63) is 42.0 Å². The van der Waals surface area contributed by atoms with E-state index >= 15 is 0 Å². The van der Waals surface area contributed by atoms with Crippen molar-refractivity contribution >= 4 is 29.1 Å². The number of benzene rings is 2. The smallest absolute Gasteiger partial charge is 0.236 e. The topological polar surface area (TPSA) is 44.8 Å². The first-order chi connectivity index (χ1) is 11.7. The number of piperazine rings is 1. The first kappa shape index (κ1) is 19.5. The minimum absolute atomic E-state index is 0. The monoisotopic (exact) mass is 363 g/mol. The highest BCUT2D eigenvalue weighted by Gasteiger charge is 2.17. The van der Waals surface area contributed by atoms with E-state index in [1.165, 1.54) is 10.9 Å². The van der Waals surface area contributed by atoms with E-state index in [9.17, 15) is 4.79 Å². The largest absolute Gasteiger partial charge is 0.497 e. The lowest BCUT2D eigenvalue weighted by molar-refractivity contribution is -0.132. The van der Waals surface area contributed by atoms with Gasteiger partial charge in [-0.2, -0.15) is 0 Å². The molecule has 5 nitrogen and oxygen atoms in total. The number of carbonyl (C=O) groups excluding carboxylic acids is 1. The zero-order valence-corrected chi connectivity index (χ0v) is 15.6. The number of hydrogen-bond donors (Lipinski definition) is 1. The van der Waals surface area contributed by atoms with Gasteiger partial charge in [0.1, 0.15) is 5.75 Å². The Hall–Kier alpha value is -1.82. The maximum absolute atomic E-state index is 12.3. The normalized spacial score (nSPS) is 14.4. The molecule has 1 aliphatic heterocycles. The molecule has 3 rings (SSSR count). The predicted molar refractivity (Wildman–Crippen MR) is 104 cm³/mol. The van der Waals surface area contributed by atoms with Gasteiger partial charge in [0.2, 0.25) is 5.91 Å². The van der Waals surface area contributed by atoms with Crippen LogP contribution < -0.4 is 10.1 Å². The Morgan fingerprint density at radius 1 is 1.16 bits per heavy atom. The van der Waals surface area contributed by atoms with Crippen molar-refractivity contribution in [1.29, 1.82) is 0 Å². The molecule has 6 heteroatoms. The van der Waals surface area contributed by atoms with Crippen LogP contribution in [0.1, 0.15) is 5.56 Å². The molecule has 0 aromatic heterocycles. The quantitative estimate of drug-likeness (QED) is 0.884. The average Bonchev–Trinajstić information content (AvgIpc) is 2.61. The van der Waals surface area contributed by atoms with Crippen LogP contribution in [0.15, 0.2) is 36.4 Å². The molecule has 0 saturated carbocycles. The Morgan fingerprint density at radius 3 is 2.56 bits per heavy atom. The summed E-state index contributed by atoms with van der Waals surface area (Å²) in [7, 11) is 3.68. The maximum atomic E-state index is 12.3. The van der Waals surface area contributed by atoms with Gasteiger partial charge in [-0.05, 0) is 41.6 Å². The SMILES string of the molecule is COc1ccc2cc(CN(C)CC(=O)N3CCNCC3)ccc2c1.Cl. The summed E-state index contributed by atoms with van der Waals surface area (Å²) in [5.74, 6) is 1.08. The number of methoxy groups -OCH3 is 1. The number of rotatable bonds is 5. The van der Waals surface area contributed by atoms with Crippen LogP contribution in [-0.2, 0) is 11.3 Å². The van der Waals surface area contributed by atoms with E-state index in [4.69, 9.17) is 4.74 Å². The third kappa shape index (κ3) is 5.08. The summed E-state index contributed by atoms with van der Waals surface area (Å²) in [6.07, 6.45) is 0. The molecule has 2 aromatic rings. The third-order valence-corrected chi connectivity index (χ3v) is 4.44. The number of amides is 1. The van der Waals surface area contributed by atoms with E-state index in [1.807, 2.05) is 24.1 Å². The second kappa shape index (κ2) is 9.04. The molecule has 0 radical (unpaired) electrons. The molecule has 1 aliphatic rings. The van der Waals surface area contributed by atoms with Crippen molar-refractivity contribution in [3.63, 3.8) is 0 Å². The molecule has 1 fully saturated rings. The molecule has 0 bridgehead atoms. The van der Waals surface area contributed by atoms with Crippen molar-refractivity contribution in [2.75, 3.05) is 46.9 Å². The standard InChI is InChI=1S/C19H25N3O2.ClH/c1-21(14-19(23)22-9-7-20-8-10-22)13-15-3-4-17-12-18(24-2)6-5-16(17)11-15;/h3-6,11-12,20H,7-10,13-14H2,1-2H3;1H. The van der Waals surface area contributed by atoms with E-state index in [2.05, 4.69) is 34.5 Å². The van der Waals surface area contributed by atoms with E-state index in [0.717, 1.165) is 43.9 Å². The minimum Gasteiger partial charge on any atom is -0.497 e. The van der Waals surface area contributed by atoms with Crippen LogP contribution >= 0.6 is 12.4 Å². The second-order valence-corrected chi connectivity index (χ2v) is 6.35. The molecule has 0 spiro atoms. The Balaban J connectivity index is 0.00000225. The first-order valence-electron chi connectivity index (χ1n) is 8.39. The van der Waals surface area contributed by atoms with Crippen LogP contribution in [0, 0.1) is 0 Å². The summed E-state index contributed by atoms with van der Waals surface area (Å²) in [5.41, 5.74) is 1.21. The molecule has 1 heterocycles. The Labute approximate surface area is 155 Å². The van der Waals surface area contributed by atoms with E-state index < -0.39 is 0 Å². The van der Waals surface area contributed by atoms with Gasteiger partial charge in [-0.25, -0.2) is 0 Å². The van der Waals surface area contributed by atoms with Crippen LogP contribution in [0.2, 0.25) is 0 Å². The maximum Gasteiger partial charge on any atom is 0.236 e. The molecule has 136 valence electrons. The molecule has 1 amide bonds. The third-order valence-electron chi connectivity index (χ3n) is 4.44. The van der Waals surface area contributed by atoms with Gasteiger partial charge >= 0.3 is 0 Å². The van der Waals surface area contributed by atoms with E-state index in [1.54, 1.807) is 7.11 Å². The zero-order chi connectivity index (χ0) is 16.9. The van der Waals surface area contributed by atoms with Crippen LogP contribution in [0.3, 0.4) is 0 Å². The highest BCUT2D eigenvalue weighted by atomic mass is 35.5. The lowest BCUT2D eigenvalue weighted by atomic mass is 10.1. The van der Waals surface area contributed by atoms with Gasteiger partial charge in [0.15, 0.2) is 0 Å². The number of fused-ring (bicyclic) bond motifs is 1. The van der Waals surface area contributed by atoms with Crippen LogP contribution in [-0.4, -0.2) is 62.6 Å². The Kier molecular flexibility index (Phi) is 7.05. The van der Waals surface area contributed by atoms with Crippen molar-refractivity contribution in [2.24, 2.45) is 0 Å². The highest BCUT2D eigenvalue weighted by molar-refractivity contribution is 5.85. The number of ether oxygens (including phenoxy) is 1. The van der Waals surface area contributed by atoms with Crippen LogP contribution in [0.5, 0.6) is 5.75 Å². The van der Waals surface area contributed by atoms with Crippen molar-refractivity contribution in [2.45, 2.75) is 6.54 Å². The fourth-order valence-corrected chi connectivity index (χ4v) is 3.11. The van der Waals surface area contributed by atoms with Crippen LogP contribution in [0.25, 0.3) is 10.8 Å². The Morgan fingerprint density at radius 2 is 1.84 bits per heavy atom. The number of nitrogens with zero attached hydrogens (tertiary/aromatic N) is 2. The van der Waals surface area contributed by atoms with Crippen molar-refractivity contribution in [3.8, 4) is 5.75 Å². The number of nitrogens with one attached hydrogen (secondary N) is 1. The van der Waals surface area contributed by atoms with Gasteiger partial charge in [0.25, 0.3) is 0 Å². The summed E-state index contributed by atoms with van der Waals surface area (Å²) < 4.78 is 5.26. The summed E-state index contributed by atoms with van der Waals surface area (Å²) in [6, 6.07) is 12.5. The van der Waals surface area contributed by atoms with Crippen LogP contribution in [0.4, 0.5) is 0 Å². The molecule has 1 N–H and O–H groups in total. The van der Waals surface area contributed by atoms with Gasteiger partial charge in [0.05, 0.1) is 13.7 Å². The van der Waals surface area contributed by atoms with E-state index in [0.29, 0.717) is 6.54 Å². The number of halogens is 1. The number of hydrogen-bond acceptors (Lipinski definition) is 4. The van der Waals surface area contributed by atoms with Crippen molar-refractivity contribution in [1.82, 2.24) is 15.1 Å². The molecule has 0 atom stereocenters. The van der Waals surface area contributed by atoms with Crippen molar-refractivity contribution < 1.29 is 9.53 Å². The molecule has 1 saturated heterocycles. The van der Waals surface area contributed by atoms with Gasteiger partial charge in [-0.1, -0.05) is 18.2 Å². The molecular formula is C19H26ClN3O2. The summed E-state index contributed by atoms with van der Waals surface area (Å²) in [4.78, 5) is 16.3. The molecule has 25 heavy (non-hydrogen) atoms. The van der Waals surface area contributed by atoms with Gasteiger partial charge < -0.3 is 15.0 Å². The number of likely N-dealkylation sites (N-methyl/N-ethyl adjacent to an activating group) is 1. The predicted octanol–water partition coefficient (Wildman–Crippen LogP) is 2.13. The lowest BCUT2D eigenvalue weighted by Crippen LogP contribution is -2.49. The average molecular weight is 364 g/mol. The lowest BCUT2D eigenvalue weighted by Gasteiger charge is -2.29. The summed E-state index contributed by atoms with van der Waals surface area (Å²) >= 11 is 0. The van der Waals surface area contributed by atoms with Gasteiger partial charge in [-0.15, -0.1) is 12.4 Å². The summed E-state index contributed by atoms with van der Waals surface area (Å²) in [6.45, 7) is 4.63. The Bertz CT molecular complexity index is 717.